The highest BCUT2D eigenvalue weighted by Gasteiger charge is 2.15. The fraction of sp³-hybridized carbons (Fsp3) is 0.533. The van der Waals surface area contributed by atoms with E-state index in [0.717, 1.165) is 0 Å². The number of ether oxygens (including phenoxy) is 2. The van der Waals surface area contributed by atoms with Gasteiger partial charge in [-0.2, -0.15) is 0 Å². The van der Waals surface area contributed by atoms with E-state index in [1.807, 2.05) is 0 Å². The number of amides is 1. The molecular formula is C15H20N2O4S. The Labute approximate surface area is 134 Å². The Bertz CT molecular complexity index is 578. The van der Waals surface area contributed by atoms with Gasteiger partial charge >= 0.3 is 12.1 Å². The first-order valence-corrected chi connectivity index (χ1v) is 7.78. The fourth-order valence-corrected chi connectivity index (χ4v) is 1.96. The summed E-state index contributed by atoms with van der Waals surface area (Å²) in [5, 5.41) is 4.76. The zero-order valence-electron chi connectivity index (χ0n) is 13.2. The normalized spacial score (nSPS) is 10.4. The number of esters is 1. The number of hydrogen-bond donors (Lipinski definition) is 1. The van der Waals surface area contributed by atoms with Crippen LogP contribution >= 0.6 is 11.3 Å². The lowest BCUT2D eigenvalue weighted by atomic mass is 10.2. The summed E-state index contributed by atoms with van der Waals surface area (Å²) in [7, 11) is 0. The molecule has 1 amide bonds. The predicted molar refractivity (Wildman–Crippen MR) is 83.8 cm³/mol. The van der Waals surface area contributed by atoms with Crippen LogP contribution in [0.15, 0.2) is 5.38 Å². The minimum atomic E-state index is -0.514. The molecule has 1 rings (SSSR count). The van der Waals surface area contributed by atoms with Crippen LogP contribution in [0.2, 0.25) is 0 Å². The average Bonchev–Trinajstić information content (AvgIpc) is 2.85. The Balaban J connectivity index is 2.36. The molecular weight excluding hydrogens is 304 g/mol. The minimum absolute atomic E-state index is 0.267. The maximum Gasteiger partial charge on any atom is 0.407 e. The predicted octanol–water partition coefficient (Wildman–Crippen LogP) is 2.59. The van der Waals surface area contributed by atoms with Gasteiger partial charge in [-0.15, -0.1) is 11.3 Å². The van der Waals surface area contributed by atoms with Crippen molar-refractivity contribution < 1.29 is 19.1 Å². The quantitative estimate of drug-likeness (QED) is 0.523. The Morgan fingerprint density at radius 2 is 2.14 bits per heavy atom. The lowest BCUT2D eigenvalue weighted by molar-refractivity contribution is 0.0513. The summed E-state index contributed by atoms with van der Waals surface area (Å²) >= 11 is 1.28. The number of aromatic nitrogens is 1. The first-order valence-electron chi connectivity index (χ1n) is 6.90. The summed E-state index contributed by atoms with van der Waals surface area (Å²) in [5.41, 5.74) is -0.247. The zero-order valence-corrected chi connectivity index (χ0v) is 14.0. The van der Waals surface area contributed by atoms with Crippen LogP contribution in [-0.4, -0.2) is 35.8 Å². The number of alkyl carbamates (subject to hydrolysis) is 1. The van der Waals surface area contributed by atoms with Crippen molar-refractivity contribution in [2.45, 2.75) is 39.7 Å². The lowest BCUT2D eigenvalue weighted by Crippen LogP contribution is -2.32. The van der Waals surface area contributed by atoms with Crippen molar-refractivity contribution in [2.75, 3.05) is 13.2 Å². The van der Waals surface area contributed by atoms with Crippen LogP contribution in [0.5, 0.6) is 0 Å². The van der Waals surface area contributed by atoms with E-state index in [4.69, 9.17) is 9.47 Å². The smallest absolute Gasteiger partial charge is 0.407 e. The molecule has 0 saturated heterocycles. The van der Waals surface area contributed by atoms with Crippen LogP contribution in [-0.2, 0) is 9.47 Å². The van der Waals surface area contributed by atoms with Gasteiger partial charge in [0.15, 0.2) is 10.7 Å². The highest BCUT2D eigenvalue weighted by Crippen LogP contribution is 2.09. The number of rotatable bonds is 4. The van der Waals surface area contributed by atoms with Crippen LogP contribution in [0.4, 0.5) is 4.79 Å². The molecule has 1 aromatic heterocycles. The van der Waals surface area contributed by atoms with Crippen molar-refractivity contribution in [3.05, 3.63) is 16.1 Å². The summed E-state index contributed by atoms with van der Waals surface area (Å²) in [6.45, 7) is 7.84. The molecule has 120 valence electrons. The summed E-state index contributed by atoms with van der Waals surface area (Å²) in [6.07, 6.45) is 0.00116. The van der Waals surface area contributed by atoms with Crippen molar-refractivity contribution in [1.29, 1.82) is 0 Å². The summed E-state index contributed by atoms with van der Waals surface area (Å²) in [5.74, 6) is 5.28. The molecule has 0 spiro atoms. The first-order chi connectivity index (χ1) is 10.3. The van der Waals surface area contributed by atoms with E-state index >= 15 is 0 Å². The third-order valence-corrected chi connectivity index (χ3v) is 2.86. The third-order valence-electron chi connectivity index (χ3n) is 2.10. The highest BCUT2D eigenvalue weighted by atomic mass is 32.1. The van der Waals surface area contributed by atoms with Crippen LogP contribution in [0.25, 0.3) is 0 Å². The van der Waals surface area contributed by atoms with E-state index in [2.05, 4.69) is 22.1 Å². The molecule has 0 fully saturated rings. The van der Waals surface area contributed by atoms with Gasteiger partial charge in [0, 0.05) is 18.3 Å². The second kappa shape index (κ2) is 8.39. The number of carbonyl (C=O) groups excluding carboxylic acids is 2. The number of nitrogens with zero attached hydrogens (tertiary/aromatic N) is 1. The largest absolute Gasteiger partial charge is 0.461 e. The van der Waals surface area contributed by atoms with Gasteiger partial charge in [0.25, 0.3) is 0 Å². The average molecular weight is 324 g/mol. The second-order valence-corrected chi connectivity index (χ2v) is 6.10. The zero-order chi connectivity index (χ0) is 16.6. The molecule has 1 N–H and O–H groups in total. The van der Waals surface area contributed by atoms with Gasteiger partial charge in [-0.25, -0.2) is 14.6 Å². The van der Waals surface area contributed by atoms with E-state index in [0.29, 0.717) is 24.6 Å². The Kier molecular flexibility index (Phi) is 6.86. The lowest BCUT2D eigenvalue weighted by Gasteiger charge is -2.19. The summed E-state index contributed by atoms with van der Waals surface area (Å²) in [6, 6.07) is 0. The summed E-state index contributed by atoms with van der Waals surface area (Å²) in [4.78, 5) is 26.9. The number of carbonyl (C=O) groups is 2. The molecule has 0 saturated carbocycles. The Morgan fingerprint density at radius 1 is 1.41 bits per heavy atom. The highest BCUT2D eigenvalue weighted by molar-refractivity contribution is 7.10. The number of thiazole rings is 1. The molecule has 0 radical (unpaired) electrons. The van der Waals surface area contributed by atoms with Crippen molar-refractivity contribution in [1.82, 2.24) is 10.3 Å². The first kappa shape index (κ1) is 18.0. The second-order valence-electron chi connectivity index (χ2n) is 5.24. The minimum Gasteiger partial charge on any atom is -0.461 e. The maximum absolute atomic E-state index is 11.4. The number of nitrogens with one attached hydrogen (secondary N) is 1. The van der Waals surface area contributed by atoms with Gasteiger partial charge < -0.3 is 14.8 Å². The van der Waals surface area contributed by atoms with E-state index in [1.54, 1.807) is 33.1 Å². The molecule has 0 bridgehead atoms. The molecule has 22 heavy (non-hydrogen) atoms. The molecule has 0 unspecified atom stereocenters. The van der Waals surface area contributed by atoms with E-state index in [-0.39, 0.29) is 5.69 Å². The molecule has 0 aromatic carbocycles. The van der Waals surface area contributed by atoms with Crippen molar-refractivity contribution >= 4 is 23.4 Å². The summed E-state index contributed by atoms with van der Waals surface area (Å²) < 4.78 is 9.94. The molecule has 6 nitrogen and oxygen atoms in total. The standard InChI is InChI=1S/C15H20N2O4S/c1-5-20-13(18)11-10-22-12(17-11)8-6-7-9-16-14(19)21-15(2,3)4/h10H,5,7,9H2,1-4H3,(H,16,19). The van der Waals surface area contributed by atoms with Crippen LogP contribution < -0.4 is 5.32 Å². The molecule has 1 heterocycles. The maximum atomic E-state index is 11.4. The van der Waals surface area contributed by atoms with E-state index in [1.165, 1.54) is 11.3 Å². The Hall–Kier alpha value is -2.07. The third kappa shape index (κ3) is 7.09. The van der Waals surface area contributed by atoms with Crippen molar-refractivity contribution in [2.24, 2.45) is 0 Å². The molecule has 0 aliphatic heterocycles. The van der Waals surface area contributed by atoms with Gasteiger partial charge in [-0.05, 0) is 33.6 Å². The topological polar surface area (TPSA) is 77.5 Å². The molecule has 1 aromatic rings. The van der Waals surface area contributed by atoms with Crippen molar-refractivity contribution in [3.8, 4) is 11.8 Å². The van der Waals surface area contributed by atoms with Gasteiger partial charge in [0.05, 0.1) is 6.61 Å². The number of hydrogen-bond acceptors (Lipinski definition) is 6. The molecule has 0 aliphatic carbocycles. The van der Waals surface area contributed by atoms with Crippen LogP contribution in [0, 0.1) is 11.8 Å². The monoisotopic (exact) mass is 324 g/mol. The van der Waals surface area contributed by atoms with E-state index < -0.39 is 17.7 Å². The fourth-order valence-electron chi connectivity index (χ4n) is 1.31. The molecule has 0 aliphatic rings. The molecule has 0 atom stereocenters. The van der Waals surface area contributed by atoms with Gasteiger partial charge in [0.2, 0.25) is 0 Å². The van der Waals surface area contributed by atoms with Gasteiger partial charge in [-0.3, -0.25) is 0 Å². The van der Waals surface area contributed by atoms with Crippen molar-refractivity contribution in [3.63, 3.8) is 0 Å². The van der Waals surface area contributed by atoms with E-state index in [9.17, 15) is 9.59 Å². The van der Waals surface area contributed by atoms with Gasteiger partial charge in [-0.1, -0.05) is 5.92 Å². The van der Waals surface area contributed by atoms with Crippen LogP contribution in [0.1, 0.15) is 49.6 Å². The van der Waals surface area contributed by atoms with Gasteiger partial charge in [0.1, 0.15) is 5.60 Å². The SMILES string of the molecule is CCOC(=O)c1csc(C#CCCNC(=O)OC(C)(C)C)n1. The Morgan fingerprint density at radius 3 is 2.77 bits per heavy atom. The molecule has 7 heteroatoms. The van der Waals surface area contributed by atoms with Crippen LogP contribution in [0.3, 0.4) is 0 Å².